The summed E-state index contributed by atoms with van der Waals surface area (Å²) in [6.07, 6.45) is 2.22. The molecular weight excluding hydrogens is 262 g/mol. The molecule has 0 fully saturated rings. The van der Waals surface area contributed by atoms with Crippen molar-refractivity contribution < 1.29 is 24.6 Å². The van der Waals surface area contributed by atoms with E-state index in [0.717, 1.165) is 10.5 Å². The number of carboxylic acid groups (broad SMARTS) is 2. The topological polar surface area (TPSA) is 94.9 Å². The zero-order valence-electron chi connectivity index (χ0n) is 12.4. The van der Waals surface area contributed by atoms with Gasteiger partial charge >= 0.3 is 11.9 Å². The molecule has 0 aromatic carbocycles. The van der Waals surface area contributed by atoms with Gasteiger partial charge in [-0.3, -0.25) is 9.59 Å². The predicted molar refractivity (Wildman–Crippen MR) is 74.3 cm³/mol. The predicted octanol–water partition coefficient (Wildman–Crippen LogP) is 1.76. The second kappa shape index (κ2) is 8.35. The van der Waals surface area contributed by atoms with Crippen molar-refractivity contribution in [1.82, 2.24) is 4.90 Å². The summed E-state index contributed by atoms with van der Waals surface area (Å²) in [4.78, 5) is 35.5. The molecule has 0 aliphatic carbocycles. The fourth-order valence-electron chi connectivity index (χ4n) is 1.76. The maximum absolute atomic E-state index is 12.1. The lowest BCUT2D eigenvalue weighted by Gasteiger charge is -2.29. The Hall–Kier alpha value is -1.85. The van der Waals surface area contributed by atoms with Crippen LogP contribution in [0.4, 0.5) is 0 Å². The van der Waals surface area contributed by atoms with E-state index in [9.17, 15) is 19.5 Å². The van der Waals surface area contributed by atoms with Gasteiger partial charge in [-0.25, -0.2) is 4.79 Å². The molecule has 2 N–H and O–H groups in total. The Morgan fingerprint density at radius 3 is 2.05 bits per heavy atom. The standard InChI is InChI=1S/C14H23NO5/c1-5-6-11(14(19)20)15(8-10(4)13(17)18)12(16)7-9(2)3/h7,10-11H,5-6,8H2,1-4H3,(H,17,18)(H,19,20). The van der Waals surface area contributed by atoms with Crippen molar-refractivity contribution in [3.05, 3.63) is 11.6 Å². The largest absolute Gasteiger partial charge is 0.481 e. The van der Waals surface area contributed by atoms with Crippen molar-refractivity contribution in [3.63, 3.8) is 0 Å². The molecule has 2 unspecified atom stereocenters. The van der Waals surface area contributed by atoms with Crippen molar-refractivity contribution >= 4 is 17.8 Å². The second-order valence-electron chi connectivity index (χ2n) is 5.09. The molecule has 0 aliphatic heterocycles. The van der Waals surface area contributed by atoms with Gasteiger partial charge < -0.3 is 15.1 Å². The first kappa shape index (κ1) is 18.1. The molecule has 1 amide bonds. The average Bonchev–Trinajstić information content (AvgIpc) is 2.31. The molecule has 0 aromatic rings. The van der Waals surface area contributed by atoms with E-state index in [0.29, 0.717) is 12.8 Å². The van der Waals surface area contributed by atoms with Gasteiger partial charge in [-0.1, -0.05) is 25.8 Å². The van der Waals surface area contributed by atoms with Crippen LogP contribution in [0.3, 0.4) is 0 Å². The Morgan fingerprint density at radius 1 is 1.15 bits per heavy atom. The second-order valence-corrected chi connectivity index (χ2v) is 5.09. The normalized spacial score (nSPS) is 13.2. The number of carbonyl (C=O) groups is 3. The Morgan fingerprint density at radius 2 is 1.70 bits per heavy atom. The van der Waals surface area contributed by atoms with E-state index >= 15 is 0 Å². The van der Waals surface area contributed by atoms with Crippen molar-refractivity contribution in [2.45, 2.75) is 46.6 Å². The van der Waals surface area contributed by atoms with E-state index in [1.165, 1.54) is 13.0 Å². The maximum atomic E-state index is 12.1. The molecule has 0 bridgehead atoms. The summed E-state index contributed by atoms with van der Waals surface area (Å²) in [6.45, 7) is 6.61. The van der Waals surface area contributed by atoms with Crippen LogP contribution in [0.5, 0.6) is 0 Å². The SMILES string of the molecule is CCCC(C(=O)O)N(CC(C)C(=O)O)C(=O)C=C(C)C. The molecule has 0 aromatic heterocycles. The number of rotatable bonds is 8. The lowest BCUT2D eigenvalue weighted by Crippen LogP contribution is -2.47. The van der Waals surface area contributed by atoms with Gasteiger partial charge in [-0.15, -0.1) is 0 Å². The third-order valence-electron chi connectivity index (χ3n) is 2.81. The Balaban J connectivity index is 5.31. The minimum absolute atomic E-state index is 0.116. The van der Waals surface area contributed by atoms with Crippen molar-refractivity contribution in [2.24, 2.45) is 5.92 Å². The van der Waals surface area contributed by atoms with Crippen LogP contribution >= 0.6 is 0 Å². The summed E-state index contributed by atoms with van der Waals surface area (Å²) >= 11 is 0. The monoisotopic (exact) mass is 285 g/mol. The Labute approximate surface area is 119 Å². The van der Waals surface area contributed by atoms with Crippen LogP contribution in [0.2, 0.25) is 0 Å². The summed E-state index contributed by atoms with van der Waals surface area (Å²) in [7, 11) is 0. The molecule has 6 heteroatoms. The quantitative estimate of drug-likeness (QED) is 0.662. The number of hydrogen-bond acceptors (Lipinski definition) is 3. The summed E-state index contributed by atoms with van der Waals surface area (Å²) in [5, 5.41) is 18.2. The molecule has 0 saturated carbocycles. The summed E-state index contributed by atoms with van der Waals surface area (Å²) in [5.74, 6) is -3.44. The third kappa shape index (κ3) is 5.86. The lowest BCUT2D eigenvalue weighted by atomic mass is 10.1. The highest BCUT2D eigenvalue weighted by Gasteiger charge is 2.30. The van der Waals surface area contributed by atoms with Gasteiger partial charge in [-0.05, 0) is 20.3 Å². The van der Waals surface area contributed by atoms with Crippen LogP contribution < -0.4 is 0 Å². The van der Waals surface area contributed by atoms with E-state index < -0.39 is 29.8 Å². The van der Waals surface area contributed by atoms with Crippen LogP contribution in [0.1, 0.15) is 40.5 Å². The first-order valence-corrected chi connectivity index (χ1v) is 6.61. The zero-order valence-corrected chi connectivity index (χ0v) is 12.4. The van der Waals surface area contributed by atoms with Crippen LogP contribution in [0, 0.1) is 5.92 Å². The zero-order chi connectivity index (χ0) is 15.9. The molecule has 0 aliphatic rings. The minimum atomic E-state index is -1.11. The summed E-state index contributed by atoms with van der Waals surface area (Å²) in [5.41, 5.74) is 0.739. The van der Waals surface area contributed by atoms with Crippen LogP contribution in [0.15, 0.2) is 11.6 Å². The fourth-order valence-corrected chi connectivity index (χ4v) is 1.76. The van der Waals surface area contributed by atoms with Gasteiger partial charge in [-0.2, -0.15) is 0 Å². The average molecular weight is 285 g/mol. The molecule has 0 saturated heterocycles. The smallest absolute Gasteiger partial charge is 0.326 e. The van der Waals surface area contributed by atoms with Crippen molar-refractivity contribution in [1.29, 1.82) is 0 Å². The number of hydrogen-bond donors (Lipinski definition) is 2. The molecule has 6 nitrogen and oxygen atoms in total. The maximum Gasteiger partial charge on any atom is 0.326 e. The molecule has 114 valence electrons. The van der Waals surface area contributed by atoms with E-state index in [4.69, 9.17) is 5.11 Å². The number of amides is 1. The molecule has 0 spiro atoms. The first-order valence-electron chi connectivity index (χ1n) is 6.61. The molecule has 0 rings (SSSR count). The minimum Gasteiger partial charge on any atom is -0.481 e. The van der Waals surface area contributed by atoms with E-state index in [-0.39, 0.29) is 6.54 Å². The number of allylic oxidation sites excluding steroid dienone is 1. The number of nitrogens with zero attached hydrogens (tertiary/aromatic N) is 1. The Bertz CT molecular complexity index is 398. The fraction of sp³-hybridized carbons (Fsp3) is 0.643. The third-order valence-corrected chi connectivity index (χ3v) is 2.81. The highest BCUT2D eigenvalue weighted by molar-refractivity contribution is 5.92. The summed E-state index contributed by atoms with van der Waals surface area (Å²) in [6, 6.07) is -0.995. The van der Waals surface area contributed by atoms with Crippen LogP contribution in [-0.2, 0) is 14.4 Å². The van der Waals surface area contributed by atoms with Crippen molar-refractivity contribution in [3.8, 4) is 0 Å². The van der Waals surface area contributed by atoms with Crippen molar-refractivity contribution in [2.75, 3.05) is 6.54 Å². The van der Waals surface area contributed by atoms with E-state index in [1.807, 2.05) is 6.92 Å². The highest BCUT2D eigenvalue weighted by atomic mass is 16.4. The van der Waals surface area contributed by atoms with E-state index in [2.05, 4.69) is 0 Å². The van der Waals surface area contributed by atoms with Gasteiger partial charge in [0, 0.05) is 12.6 Å². The van der Waals surface area contributed by atoms with Gasteiger partial charge in [0.05, 0.1) is 5.92 Å². The number of carbonyl (C=O) groups excluding carboxylic acids is 1. The van der Waals surface area contributed by atoms with E-state index in [1.54, 1.807) is 13.8 Å². The van der Waals surface area contributed by atoms with Crippen LogP contribution in [0.25, 0.3) is 0 Å². The lowest BCUT2D eigenvalue weighted by molar-refractivity contribution is -0.151. The molecule has 0 heterocycles. The van der Waals surface area contributed by atoms with Crippen LogP contribution in [-0.4, -0.2) is 45.5 Å². The number of carboxylic acids is 2. The molecular formula is C14H23NO5. The first-order chi connectivity index (χ1) is 9.20. The molecule has 0 radical (unpaired) electrons. The molecule has 2 atom stereocenters. The molecule has 20 heavy (non-hydrogen) atoms. The van der Waals surface area contributed by atoms with Gasteiger partial charge in [0.15, 0.2) is 0 Å². The number of aliphatic carboxylic acids is 2. The highest BCUT2D eigenvalue weighted by Crippen LogP contribution is 2.13. The summed E-state index contributed by atoms with van der Waals surface area (Å²) < 4.78 is 0. The van der Waals surface area contributed by atoms with Gasteiger partial charge in [0.25, 0.3) is 0 Å². The van der Waals surface area contributed by atoms with Gasteiger partial charge in [0.2, 0.25) is 5.91 Å². The Kier molecular flexibility index (Phi) is 7.57. The van der Waals surface area contributed by atoms with Gasteiger partial charge in [0.1, 0.15) is 6.04 Å².